The van der Waals surface area contributed by atoms with Crippen molar-refractivity contribution in [2.24, 2.45) is 5.92 Å². The van der Waals surface area contributed by atoms with Gasteiger partial charge in [-0.2, -0.15) is 0 Å². The molecule has 1 heterocycles. The predicted octanol–water partition coefficient (Wildman–Crippen LogP) is 2.54. The molecule has 6 heteroatoms. The highest BCUT2D eigenvalue weighted by Gasteiger charge is 2.35. The third-order valence-corrected chi connectivity index (χ3v) is 5.98. The third-order valence-electron chi connectivity index (χ3n) is 3.69. The van der Waals surface area contributed by atoms with Crippen molar-refractivity contribution < 1.29 is 13.2 Å². The molecule has 20 heavy (non-hydrogen) atoms. The van der Waals surface area contributed by atoms with Crippen molar-refractivity contribution in [2.75, 3.05) is 25.2 Å². The van der Waals surface area contributed by atoms with E-state index in [1.807, 2.05) is 25.1 Å². The van der Waals surface area contributed by atoms with Crippen LogP contribution in [0.15, 0.2) is 22.7 Å². The molecule has 2 atom stereocenters. The Balaban J connectivity index is 2.36. The molecule has 1 N–H and O–H groups in total. The number of methoxy groups -OCH3 is 1. The van der Waals surface area contributed by atoms with Gasteiger partial charge < -0.3 is 10.1 Å². The molecule has 0 spiro atoms. The Morgan fingerprint density at radius 1 is 1.50 bits per heavy atom. The van der Waals surface area contributed by atoms with Crippen molar-refractivity contribution in [3.63, 3.8) is 0 Å². The van der Waals surface area contributed by atoms with E-state index in [9.17, 15) is 8.42 Å². The van der Waals surface area contributed by atoms with E-state index in [4.69, 9.17) is 4.74 Å². The maximum Gasteiger partial charge on any atom is 0.150 e. The van der Waals surface area contributed by atoms with Crippen LogP contribution in [0.3, 0.4) is 0 Å². The molecule has 0 saturated carbocycles. The van der Waals surface area contributed by atoms with Crippen LogP contribution >= 0.6 is 15.9 Å². The molecule has 1 aliphatic rings. The van der Waals surface area contributed by atoms with Gasteiger partial charge in [0.1, 0.15) is 5.75 Å². The standard InChI is InChI=1S/C14H20BrNO3S/c1-3-16-14(10-6-7-20(17,18)9-10)12-8-11(15)4-5-13(12)19-2/h4-5,8,10,14,16H,3,6-7,9H2,1-2H3. The van der Waals surface area contributed by atoms with Crippen molar-refractivity contribution in [3.05, 3.63) is 28.2 Å². The SMILES string of the molecule is CCNC(c1cc(Br)ccc1OC)C1CCS(=O)(=O)C1. The quantitative estimate of drug-likeness (QED) is 0.875. The van der Waals surface area contributed by atoms with Gasteiger partial charge in [0.25, 0.3) is 0 Å². The molecular formula is C14H20BrNO3S. The van der Waals surface area contributed by atoms with Gasteiger partial charge in [-0.3, -0.25) is 0 Å². The predicted molar refractivity (Wildman–Crippen MR) is 83.9 cm³/mol. The fraction of sp³-hybridized carbons (Fsp3) is 0.571. The lowest BCUT2D eigenvalue weighted by atomic mass is 9.92. The highest BCUT2D eigenvalue weighted by molar-refractivity contribution is 9.10. The Morgan fingerprint density at radius 3 is 2.80 bits per heavy atom. The minimum Gasteiger partial charge on any atom is -0.496 e. The molecule has 1 aromatic rings. The van der Waals surface area contributed by atoms with E-state index >= 15 is 0 Å². The van der Waals surface area contributed by atoms with Crippen LogP contribution in [0.5, 0.6) is 5.75 Å². The maximum atomic E-state index is 11.7. The Bertz CT molecular complexity index is 574. The summed E-state index contributed by atoms with van der Waals surface area (Å²) in [5, 5.41) is 3.42. The molecule has 112 valence electrons. The zero-order valence-electron chi connectivity index (χ0n) is 11.7. The Labute approximate surface area is 129 Å². The molecule has 1 fully saturated rings. The fourth-order valence-electron chi connectivity index (χ4n) is 2.79. The van der Waals surface area contributed by atoms with Crippen LogP contribution < -0.4 is 10.1 Å². The molecule has 1 saturated heterocycles. The Morgan fingerprint density at radius 2 is 2.25 bits per heavy atom. The Kier molecular flexibility index (Phi) is 5.09. The second kappa shape index (κ2) is 6.45. The van der Waals surface area contributed by atoms with E-state index in [1.54, 1.807) is 7.11 Å². The van der Waals surface area contributed by atoms with Crippen molar-refractivity contribution in [1.82, 2.24) is 5.32 Å². The van der Waals surface area contributed by atoms with Gasteiger partial charge in [0.2, 0.25) is 0 Å². The molecular weight excluding hydrogens is 342 g/mol. The first-order chi connectivity index (χ1) is 9.46. The average molecular weight is 362 g/mol. The number of nitrogens with one attached hydrogen (secondary N) is 1. The minimum atomic E-state index is -2.89. The zero-order chi connectivity index (χ0) is 14.8. The topological polar surface area (TPSA) is 55.4 Å². The summed E-state index contributed by atoms with van der Waals surface area (Å²) in [6.07, 6.45) is 0.704. The van der Waals surface area contributed by atoms with Gasteiger partial charge in [-0.1, -0.05) is 22.9 Å². The second-order valence-electron chi connectivity index (χ2n) is 5.08. The van der Waals surface area contributed by atoms with E-state index in [1.165, 1.54) is 0 Å². The van der Waals surface area contributed by atoms with Crippen molar-refractivity contribution in [2.45, 2.75) is 19.4 Å². The third kappa shape index (κ3) is 3.54. The van der Waals surface area contributed by atoms with Crippen LogP contribution in [0.25, 0.3) is 0 Å². The van der Waals surface area contributed by atoms with E-state index < -0.39 is 9.84 Å². The maximum absolute atomic E-state index is 11.7. The summed E-state index contributed by atoms with van der Waals surface area (Å²) in [6, 6.07) is 5.85. The summed E-state index contributed by atoms with van der Waals surface area (Å²) >= 11 is 3.47. The number of ether oxygens (including phenoxy) is 1. The van der Waals surface area contributed by atoms with Crippen molar-refractivity contribution in [3.8, 4) is 5.75 Å². The van der Waals surface area contributed by atoms with Crippen LogP contribution in [0.1, 0.15) is 24.9 Å². The average Bonchev–Trinajstić information content (AvgIpc) is 2.76. The molecule has 2 unspecified atom stereocenters. The minimum absolute atomic E-state index is 0.00437. The highest BCUT2D eigenvalue weighted by atomic mass is 79.9. The molecule has 0 aromatic heterocycles. The summed E-state index contributed by atoms with van der Waals surface area (Å²) in [7, 11) is -1.25. The number of halogens is 1. The lowest BCUT2D eigenvalue weighted by molar-refractivity contribution is 0.364. The van der Waals surface area contributed by atoms with Gasteiger partial charge >= 0.3 is 0 Å². The molecule has 0 bridgehead atoms. The van der Waals surface area contributed by atoms with Gasteiger partial charge in [0.15, 0.2) is 9.84 Å². The molecule has 0 amide bonds. The lowest BCUT2D eigenvalue weighted by Crippen LogP contribution is -2.29. The van der Waals surface area contributed by atoms with Crippen LogP contribution in [0, 0.1) is 5.92 Å². The van der Waals surface area contributed by atoms with Gasteiger partial charge in [0.05, 0.1) is 18.6 Å². The monoisotopic (exact) mass is 361 g/mol. The largest absolute Gasteiger partial charge is 0.496 e. The first-order valence-corrected chi connectivity index (χ1v) is 9.35. The van der Waals surface area contributed by atoms with Crippen molar-refractivity contribution >= 4 is 25.8 Å². The summed E-state index contributed by atoms with van der Waals surface area (Å²) in [6.45, 7) is 2.82. The van der Waals surface area contributed by atoms with Crippen LogP contribution in [-0.4, -0.2) is 33.6 Å². The lowest BCUT2D eigenvalue weighted by Gasteiger charge is -2.25. The van der Waals surface area contributed by atoms with E-state index in [0.717, 1.165) is 22.3 Å². The first kappa shape index (κ1) is 15.8. The van der Waals surface area contributed by atoms with Crippen molar-refractivity contribution in [1.29, 1.82) is 0 Å². The Hall–Kier alpha value is -0.590. The number of rotatable bonds is 5. The molecule has 2 rings (SSSR count). The second-order valence-corrected chi connectivity index (χ2v) is 8.23. The zero-order valence-corrected chi connectivity index (χ0v) is 14.1. The summed E-state index contributed by atoms with van der Waals surface area (Å²) < 4.78 is 29.9. The van der Waals surface area contributed by atoms with Crippen LogP contribution in [0.4, 0.5) is 0 Å². The molecule has 0 radical (unpaired) electrons. The van der Waals surface area contributed by atoms with E-state index in [-0.39, 0.29) is 23.5 Å². The van der Waals surface area contributed by atoms with E-state index in [2.05, 4.69) is 21.2 Å². The van der Waals surface area contributed by atoms with E-state index in [0.29, 0.717) is 6.42 Å². The summed E-state index contributed by atoms with van der Waals surface area (Å²) in [4.78, 5) is 0. The molecule has 1 aromatic carbocycles. The fourth-order valence-corrected chi connectivity index (χ4v) is 5.00. The van der Waals surface area contributed by atoms with Crippen LogP contribution in [-0.2, 0) is 9.84 Å². The van der Waals surface area contributed by atoms with Gasteiger partial charge in [-0.05, 0) is 37.1 Å². The van der Waals surface area contributed by atoms with Gasteiger partial charge in [-0.15, -0.1) is 0 Å². The smallest absolute Gasteiger partial charge is 0.150 e. The van der Waals surface area contributed by atoms with Gasteiger partial charge in [0, 0.05) is 16.1 Å². The highest BCUT2D eigenvalue weighted by Crippen LogP contribution is 2.37. The van der Waals surface area contributed by atoms with Gasteiger partial charge in [-0.25, -0.2) is 8.42 Å². The normalized spacial score (nSPS) is 22.6. The molecule has 0 aliphatic carbocycles. The summed E-state index contributed by atoms with van der Waals surface area (Å²) in [5.74, 6) is 1.43. The number of benzene rings is 1. The summed E-state index contributed by atoms with van der Waals surface area (Å²) in [5.41, 5.74) is 1.02. The molecule has 4 nitrogen and oxygen atoms in total. The number of hydrogen-bond donors (Lipinski definition) is 1. The number of sulfone groups is 1. The first-order valence-electron chi connectivity index (χ1n) is 6.74. The van der Waals surface area contributed by atoms with Crippen LogP contribution in [0.2, 0.25) is 0 Å². The molecule has 1 aliphatic heterocycles. The number of hydrogen-bond acceptors (Lipinski definition) is 4.